The summed E-state index contributed by atoms with van der Waals surface area (Å²) in [6.45, 7) is 3.06. The van der Waals surface area contributed by atoms with Gasteiger partial charge in [-0.15, -0.1) is 0 Å². The molecule has 3 N–H and O–H groups in total. The van der Waals surface area contributed by atoms with E-state index < -0.39 is 74.0 Å². The van der Waals surface area contributed by atoms with Gasteiger partial charge in [-0.1, -0.05) is 0 Å². The standard InChI is InChI=1S/C32H36N6O11/c1-18(36(19(2)39)26-17-28(40)49-27-16-20(48-3)12-13-21(26)27)32(43)35-15-7-11-25(35)31(42)34-22(8-4-5-14-33)30(41)29-23(37(44)45)9-6-10-24(29)38(46)47/h6,9-10,12-13,16-18,22,25H,4-5,7-8,11,14-15,33H2,1-3H3,(H,34,42)/t18-,22-,25-/m0/s1. The van der Waals surface area contributed by atoms with Crippen LogP contribution >= 0.6 is 0 Å². The number of unbranched alkanes of at least 4 members (excludes halogenated alkanes) is 1. The number of nitrogens with one attached hydrogen (secondary N) is 1. The minimum absolute atomic E-state index is 0.0331. The number of hydrogen-bond donors (Lipinski definition) is 2. The Morgan fingerprint density at radius 3 is 2.37 bits per heavy atom. The van der Waals surface area contributed by atoms with Crippen molar-refractivity contribution >= 4 is 51.5 Å². The molecule has 2 aromatic carbocycles. The van der Waals surface area contributed by atoms with E-state index in [1.165, 1.54) is 31.9 Å². The number of hydrogen-bond acceptors (Lipinski definition) is 12. The number of nitrogens with two attached hydrogens (primary N) is 1. The molecule has 1 fully saturated rings. The molecule has 17 heteroatoms. The molecule has 3 amide bonds. The van der Waals surface area contributed by atoms with Crippen LogP contribution in [0.4, 0.5) is 17.1 Å². The van der Waals surface area contributed by atoms with Gasteiger partial charge in [-0.3, -0.25) is 44.3 Å². The summed E-state index contributed by atoms with van der Waals surface area (Å²) >= 11 is 0. The summed E-state index contributed by atoms with van der Waals surface area (Å²) in [4.78, 5) is 91.1. The Balaban J connectivity index is 1.64. The molecule has 0 aliphatic carbocycles. The number of ketones is 1. The average Bonchev–Trinajstić information content (AvgIpc) is 3.56. The van der Waals surface area contributed by atoms with Crippen molar-refractivity contribution < 1.29 is 38.2 Å². The van der Waals surface area contributed by atoms with Crippen LogP contribution in [0.3, 0.4) is 0 Å². The lowest BCUT2D eigenvalue weighted by Crippen LogP contribution is -2.55. The number of anilines is 1. The van der Waals surface area contributed by atoms with E-state index in [4.69, 9.17) is 14.9 Å². The largest absolute Gasteiger partial charge is 0.497 e. The summed E-state index contributed by atoms with van der Waals surface area (Å²) < 4.78 is 10.5. The molecule has 49 heavy (non-hydrogen) atoms. The first-order chi connectivity index (χ1) is 23.3. The van der Waals surface area contributed by atoms with Gasteiger partial charge >= 0.3 is 5.63 Å². The van der Waals surface area contributed by atoms with E-state index in [2.05, 4.69) is 5.32 Å². The van der Waals surface area contributed by atoms with Gasteiger partial charge in [-0.05, 0) is 63.8 Å². The second-order valence-corrected chi connectivity index (χ2v) is 11.5. The Kier molecular flexibility index (Phi) is 11.4. The number of nitrogens with zero attached hydrogens (tertiary/aromatic N) is 4. The minimum Gasteiger partial charge on any atom is -0.497 e. The molecule has 1 aliphatic heterocycles. The summed E-state index contributed by atoms with van der Waals surface area (Å²) in [7, 11) is 1.43. The first-order valence-corrected chi connectivity index (χ1v) is 15.5. The van der Waals surface area contributed by atoms with Crippen molar-refractivity contribution in [3.8, 4) is 5.75 Å². The van der Waals surface area contributed by atoms with Crippen LogP contribution in [0.25, 0.3) is 11.0 Å². The molecule has 0 spiro atoms. The molecule has 17 nitrogen and oxygen atoms in total. The maximum absolute atomic E-state index is 14.0. The third-order valence-corrected chi connectivity index (χ3v) is 8.35. The zero-order valence-electron chi connectivity index (χ0n) is 27.1. The van der Waals surface area contributed by atoms with Crippen LogP contribution in [0.1, 0.15) is 56.3 Å². The predicted octanol–water partition coefficient (Wildman–Crippen LogP) is 2.85. The van der Waals surface area contributed by atoms with Gasteiger partial charge in [-0.25, -0.2) is 4.79 Å². The van der Waals surface area contributed by atoms with E-state index in [9.17, 15) is 44.2 Å². The summed E-state index contributed by atoms with van der Waals surface area (Å²) in [5.74, 6) is -2.57. The van der Waals surface area contributed by atoms with Crippen LogP contribution in [0.5, 0.6) is 5.75 Å². The number of Topliss-reactive ketones (excluding diaryl/α,β-unsaturated/α-hetero) is 1. The van der Waals surface area contributed by atoms with Gasteiger partial charge in [0, 0.05) is 43.1 Å². The quantitative estimate of drug-likeness (QED) is 0.0821. The zero-order chi connectivity index (χ0) is 36.0. The van der Waals surface area contributed by atoms with Crippen molar-refractivity contribution in [2.45, 2.75) is 64.1 Å². The van der Waals surface area contributed by atoms with Gasteiger partial charge in [0.15, 0.2) is 11.3 Å². The second-order valence-electron chi connectivity index (χ2n) is 11.5. The van der Waals surface area contributed by atoms with Crippen LogP contribution in [0.15, 0.2) is 51.7 Å². The number of fused-ring (bicyclic) bond motifs is 1. The Morgan fingerprint density at radius 1 is 1.10 bits per heavy atom. The van der Waals surface area contributed by atoms with Crippen LogP contribution in [-0.2, 0) is 14.4 Å². The third kappa shape index (κ3) is 7.72. The van der Waals surface area contributed by atoms with E-state index >= 15 is 0 Å². The van der Waals surface area contributed by atoms with Crippen molar-refractivity contribution in [3.05, 3.63) is 78.7 Å². The molecule has 1 aliphatic rings. The lowest BCUT2D eigenvalue weighted by atomic mass is 9.96. The van der Waals surface area contributed by atoms with Gasteiger partial charge in [0.05, 0.1) is 28.7 Å². The topological polar surface area (TPSA) is 239 Å². The number of likely N-dealkylation sites (tertiary alicyclic amines) is 1. The number of carbonyl (C=O) groups excluding carboxylic acids is 4. The smallest absolute Gasteiger partial charge is 0.338 e. The minimum atomic E-state index is -1.41. The Morgan fingerprint density at radius 2 is 1.78 bits per heavy atom. The van der Waals surface area contributed by atoms with Crippen molar-refractivity contribution in [1.29, 1.82) is 0 Å². The molecule has 1 saturated heterocycles. The maximum Gasteiger partial charge on any atom is 0.338 e. The Bertz CT molecular complexity index is 1830. The highest BCUT2D eigenvalue weighted by Crippen LogP contribution is 2.32. The summed E-state index contributed by atoms with van der Waals surface area (Å²) in [5.41, 5.74) is 2.74. The fourth-order valence-corrected chi connectivity index (χ4v) is 6.05. The van der Waals surface area contributed by atoms with E-state index in [1.54, 1.807) is 12.1 Å². The van der Waals surface area contributed by atoms with Crippen LogP contribution < -0.4 is 26.3 Å². The van der Waals surface area contributed by atoms with E-state index in [-0.39, 0.29) is 37.2 Å². The van der Waals surface area contributed by atoms with Gasteiger partial charge in [-0.2, -0.15) is 0 Å². The fourth-order valence-electron chi connectivity index (χ4n) is 6.05. The van der Waals surface area contributed by atoms with Crippen LogP contribution in [0, 0.1) is 20.2 Å². The summed E-state index contributed by atoms with van der Waals surface area (Å²) in [6.07, 6.45) is 1.30. The SMILES string of the molecule is COc1ccc2c(N(C(C)=O)[C@@H](C)C(=O)N3CCC[C@H]3C(=O)N[C@@H](CCCCN)C(=O)c3c([N+](=O)[O-])cccc3[N+](=O)[O-])cc(=O)oc2c1. The Hall–Kier alpha value is -5.71. The molecule has 1 aromatic heterocycles. The number of carbonyl (C=O) groups is 4. The number of nitro groups is 2. The van der Waals surface area contributed by atoms with Gasteiger partial charge < -0.3 is 25.1 Å². The molecule has 3 atom stereocenters. The highest BCUT2D eigenvalue weighted by atomic mass is 16.6. The Labute approximate surface area is 279 Å². The van der Waals surface area contributed by atoms with Crippen LogP contribution in [0.2, 0.25) is 0 Å². The molecule has 3 aromatic rings. The highest BCUT2D eigenvalue weighted by Gasteiger charge is 2.41. The van der Waals surface area contributed by atoms with E-state index in [1.807, 2.05) is 0 Å². The number of benzene rings is 2. The van der Waals surface area contributed by atoms with E-state index in [0.29, 0.717) is 30.4 Å². The lowest BCUT2D eigenvalue weighted by Gasteiger charge is -2.33. The third-order valence-electron chi connectivity index (χ3n) is 8.35. The molecular formula is C32H36N6O11. The van der Waals surface area contributed by atoms with Crippen molar-refractivity contribution in [1.82, 2.24) is 10.2 Å². The maximum atomic E-state index is 14.0. The molecular weight excluding hydrogens is 644 g/mol. The number of ether oxygens (including phenoxy) is 1. The van der Waals surface area contributed by atoms with Gasteiger partial charge in [0.2, 0.25) is 17.7 Å². The number of amides is 3. The average molecular weight is 681 g/mol. The summed E-state index contributed by atoms with van der Waals surface area (Å²) in [6, 6.07) is 5.05. The van der Waals surface area contributed by atoms with Gasteiger partial charge in [0.25, 0.3) is 11.4 Å². The van der Waals surface area contributed by atoms with E-state index in [0.717, 1.165) is 29.2 Å². The predicted molar refractivity (Wildman–Crippen MR) is 175 cm³/mol. The first kappa shape index (κ1) is 36.1. The monoisotopic (exact) mass is 680 g/mol. The molecule has 260 valence electrons. The number of methoxy groups -OCH3 is 1. The normalized spacial score (nSPS) is 15.3. The number of rotatable bonds is 14. The van der Waals surface area contributed by atoms with Crippen molar-refractivity contribution in [3.63, 3.8) is 0 Å². The molecule has 4 rings (SSSR count). The highest BCUT2D eigenvalue weighted by molar-refractivity contribution is 6.09. The zero-order valence-corrected chi connectivity index (χ0v) is 27.1. The second kappa shape index (κ2) is 15.5. The molecule has 0 unspecified atom stereocenters. The molecule has 0 radical (unpaired) electrons. The van der Waals surface area contributed by atoms with Crippen molar-refractivity contribution in [2.24, 2.45) is 5.73 Å². The van der Waals surface area contributed by atoms with Crippen LogP contribution in [-0.4, -0.2) is 76.6 Å². The van der Waals surface area contributed by atoms with Crippen molar-refractivity contribution in [2.75, 3.05) is 25.1 Å². The fraction of sp³-hybridized carbons (Fsp3) is 0.406. The van der Waals surface area contributed by atoms with Gasteiger partial charge in [0.1, 0.15) is 23.4 Å². The molecule has 0 saturated carbocycles. The first-order valence-electron chi connectivity index (χ1n) is 15.5. The molecule has 0 bridgehead atoms. The lowest BCUT2D eigenvalue weighted by molar-refractivity contribution is -0.394. The summed E-state index contributed by atoms with van der Waals surface area (Å²) in [5, 5.41) is 26.4. The molecule has 2 heterocycles. The number of nitro benzene ring substituents is 2.